The molecule has 1 N–H and O–H groups in total. The summed E-state index contributed by atoms with van der Waals surface area (Å²) in [6.45, 7) is 1.74. The van der Waals surface area contributed by atoms with Gasteiger partial charge < -0.3 is 5.32 Å². The second-order valence-electron chi connectivity index (χ2n) is 6.90. The summed E-state index contributed by atoms with van der Waals surface area (Å²) in [7, 11) is 0. The van der Waals surface area contributed by atoms with Crippen molar-refractivity contribution in [3.63, 3.8) is 0 Å². The van der Waals surface area contributed by atoms with Crippen molar-refractivity contribution in [2.45, 2.75) is 12.5 Å². The maximum atomic E-state index is 13.4. The zero-order chi connectivity index (χ0) is 18.2. The average Bonchev–Trinajstić information content (AvgIpc) is 3.34. The predicted octanol–water partition coefficient (Wildman–Crippen LogP) is 3.39. The van der Waals surface area contributed by atoms with E-state index in [1.807, 2.05) is 47.0 Å². The van der Waals surface area contributed by atoms with E-state index in [1.165, 1.54) is 0 Å². The van der Waals surface area contributed by atoms with Gasteiger partial charge in [0.05, 0.1) is 17.2 Å². The normalized spacial score (nSPS) is 16.8. The van der Waals surface area contributed by atoms with Gasteiger partial charge in [0.15, 0.2) is 5.65 Å². The smallest absolute Gasteiger partial charge is 0.315 e. The van der Waals surface area contributed by atoms with Gasteiger partial charge in [-0.1, -0.05) is 42.5 Å². The van der Waals surface area contributed by atoms with Crippen molar-refractivity contribution in [3.8, 4) is 16.8 Å². The lowest BCUT2D eigenvalue weighted by molar-refractivity contribution is 0.537. The van der Waals surface area contributed by atoms with Crippen LogP contribution in [0.4, 0.5) is 0 Å². The fourth-order valence-corrected chi connectivity index (χ4v) is 3.94. The van der Waals surface area contributed by atoms with E-state index in [9.17, 15) is 4.79 Å². The third-order valence-electron chi connectivity index (χ3n) is 5.24. The van der Waals surface area contributed by atoms with Crippen LogP contribution in [-0.2, 0) is 0 Å². The highest BCUT2D eigenvalue weighted by atomic mass is 16.1. The molecule has 5 rings (SSSR count). The molecule has 1 aliphatic rings. The van der Waals surface area contributed by atoms with E-state index in [4.69, 9.17) is 0 Å². The molecule has 5 heteroatoms. The van der Waals surface area contributed by atoms with Gasteiger partial charge in [-0.25, -0.2) is 9.78 Å². The maximum absolute atomic E-state index is 13.4. The van der Waals surface area contributed by atoms with Crippen LogP contribution < -0.4 is 11.0 Å². The first-order valence-corrected chi connectivity index (χ1v) is 9.27. The minimum absolute atomic E-state index is 0.0254. The van der Waals surface area contributed by atoms with Crippen LogP contribution >= 0.6 is 0 Å². The lowest BCUT2D eigenvalue weighted by Gasteiger charge is -2.09. The topological polar surface area (TPSA) is 51.9 Å². The molecule has 1 saturated heterocycles. The minimum atomic E-state index is -0.0254. The van der Waals surface area contributed by atoms with E-state index in [0.717, 1.165) is 47.5 Å². The van der Waals surface area contributed by atoms with Crippen molar-refractivity contribution in [3.05, 3.63) is 83.4 Å². The van der Waals surface area contributed by atoms with Crippen LogP contribution in [0.3, 0.4) is 0 Å². The molecule has 0 bridgehead atoms. The van der Waals surface area contributed by atoms with Crippen molar-refractivity contribution in [1.82, 2.24) is 19.4 Å². The van der Waals surface area contributed by atoms with Crippen molar-refractivity contribution in [2.75, 3.05) is 13.1 Å². The molecule has 0 saturated carbocycles. The van der Waals surface area contributed by atoms with E-state index >= 15 is 0 Å². The van der Waals surface area contributed by atoms with Crippen LogP contribution in [0.15, 0.2) is 77.7 Å². The van der Waals surface area contributed by atoms with E-state index in [2.05, 4.69) is 34.6 Å². The fraction of sp³-hybridized carbons (Fsp3) is 0.182. The Kier molecular flexibility index (Phi) is 3.87. The van der Waals surface area contributed by atoms with Gasteiger partial charge in [0.25, 0.3) is 0 Å². The van der Waals surface area contributed by atoms with E-state index in [0.29, 0.717) is 0 Å². The van der Waals surface area contributed by atoms with Crippen LogP contribution in [0.2, 0.25) is 0 Å². The zero-order valence-corrected chi connectivity index (χ0v) is 14.9. The van der Waals surface area contributed by atoms with E-state index in [1.54, 1.807) is 10.8 Å². The Morgan fingerprint density at radius 3 is 2.63 bits per heavy atom. The molecule has 0 spiro atoms. The number of aromatic nitrogens is 3. The van der Waals surface area contributed by atoms with Gasteiger partial charge in [-0.3, -0.25) is 9.13 Å². The molecule has 2 aromatic heterocycles. The Morgan fingerprint density at radius 1 is 0.963 bits per heavy atom. The van der Waals surface area contributed by atoms with Gasteiger partial charge in [0, 0.05) is 12.7 Å². The molecule has 2 aromatic carbocycles. The van der Waals surface area contributed by atoms with Crippen LogP contribution in [0.25, 0.3) is 28.0 Å². The van der Waals surface area contributed by atoms with Gasteiger partial charge in [0.1, 0.15) is 0 Å². The molecule has 0 radical (unpaired) electrons. The second-order valence-corrected chi connectivity index (χ2v) is 6.90. The lowest BCUT2D eigenvalue weighted by Crippen LogP contribution is -2.28. The average molecular weight is 356 g/mol. The van der Waals surface area contributed by atoms with Crippen LogP contribution in [0.5, 0.6) is 0 Å². The van der Waals surface area contributed by atoms with Crippen molar-refractivity contribution < 1.29 is 0 Å². The van der Waals surface area contributed by atoms with Crippen LogP contribution in [-0.4, -0.2) is 27.2 Å². The quantitative estimate of drug-likeness (QED) is 0.612. The molecule has 3 heterocycles. The molecule has 0 amide bonds. The van der Waals surface area contributed by atoms with Crippen LogP contribution in [0, 0.1) is 0 Å². The summed E-state index contributed by atoms with van der Waals surface area (Å²) >= 11 is 0. The van der Waals surface area contributed by atoms with E-state index in [-0.39, 0.29) is 11.7 Å². The third kappa shape index (κ3) is 2.67. The molecule has 134 valence electrons. The lowest BCUT2D eigenvalue weighted by atomic mass is 10.1. The highest BCUT2D eigenvalue weighted by Crippen LogP contribution is 2.25. The Labute approximate surface area is 156 Å². The molecule has 1 fully saturated rings. The summed E-state index contributed by atoms with van der Waals surface area (Å²) < 4.78 is 3.64. The van der Waals surface area contributed by atoms with Crippen molar-refractivity contribution in [2.24, 2.45) is 0 Å². The predicted molar refractivity (Wildman–Crippen MR) is 107 cm³/mol. The SMILES string of the molecule is O=c1n(-c2cccc(-c3ccccc3)c2)c2cccnc2n1[C@H]1CCNC1. The number of benzene rings is 2. The standard InChI is InChI=1S/C22H20N4O/c27-22-25(18-9-4-8-17(14-18)16-6-2-1-3-7-16)20-10-5-12-24-21(20)26(22)19-11-13-23-15-19/h1-10,12,14,19,23H,11,13,15H2/t19-/m0/s1. The number of rotatable bonds is 3. The molecular weight excluding hydrogens is 336 g/mol. The molecule has 0 aliphatic carbocycles. The number of nitrogens with zero attached hydrogens (tertiary/aromatic N) is 3. The van der Waals surface area contributed by atoms with Gasteiger partial charge in [-0.15, -0.1) is 0 Å². The number of pyridine rings is 1. The highest BCUT2D eigenvalue weighted by Gasteiger charge is 2.24. The Morgan fingerprint density at radius 2 is 1.81 bits per heavy atom. The molecule has 27 heavy (non-hydrogen) atoms. The largest absolute Gasteiger partial charge is 0.335 e. The molecule has 5 nitrogen and oxygen atoms in total. The highest BCUT2D eigenvalue weighted by molar-refractivity contribution is 5.75. The molecular formula is C22H20N4O. The first kappa shape index (κ1) is 16.0. The first-order chi connectivity index (χ1) is 13.3. The number of hydrogen-bond acceptors (Lipinski definition) is 3. The van der Waals surface area contributed by atoms with Gasteiger partial charge in [-0.05, 0) is 48.4 Å². The van der Waals surface area contributed by atoms with E-state index < -0.39 is 0 Å². The maximum Gasteiger partial charge on any atom is 0.335 e. The minimum Gasteiger partial charge on any atom is -0.315 e. The summed E-state index contributed by atoms with van der Waals surface area (Å²) in [5, 5.41) is 3.35. The molecule has 4 aromatic rings. The number of imidazole rings is 1. The number of fused-ring (bicyclic) bond motifs is 1. The molecule has 1 aliphatic heterocycles. The summed E-state index contributed by atoms with van der Waals surface area (Å²) in [6.07, 6.45) is 2.70. The summed E-state index contributed by atoms with van der Waals surface area (Å²) in [4.78, 5) is 17.9. The Balaban J connectivity index is 1.72. The molecule has 1 atom stereocenters. The summed E-state index contributed by atoms with van der Waals surface area (Å²) in [5.41, 5.74) is 4.66. The summed E-state index contributed by atoms with van der Waals surface area (Å²) in [5.74, 6) is 0. The zero-order valence-electron chi connectivity index (χ0n) is 14.9. The fourth-order valence-electron chi connectivity index (χ4n) is 3.94. The van der Waals surface area contributed by atoms with Gasteiger partial charge >= 0.3 is 5.69 Å². The van der Waals surface area contributed by atoms with Crippen molar-refractivity contribution >= 4 is 11.2 Å². The Bertz CT molecular complexity index is 1150. The Hall–Kier alpha value is -3.18. The third-order valence-corrected chi connectivity index (χ3v) is 5.24. The summed E-state index contributed by atoms with van der Waals surface area (Å²) in [6, 6.07) is 22.3. The van der Waals surface area contributed by atoms with Crippen molar-refractivity contribution in [1.29, 1.82) is 0 Å². The monoisotopic (exact) mass is 356 g/mol. The number of nitrogens with one attached hydrogen (secondary N) is 1. The number of hydrogen-bond donors (Lipinski definition) is 1. The van der Waals surface area contributed by atoms with Gasteiger partial charge in [0.2, 0.25) is 0 Å². The first-order valence-electron chi connectivity index (χ1n) is 9.27. The van der Waals surface area contributed by atoms with Crippen LogP contribution in [0.1, 0.15) is 12.5 Å². The second kappa shape index (κ2) is 6.52. The molecule has 0 unspecified atom stereocenters. The van der Waals surface area contributed by atoms with Gasteiger partial charge in [-0.2, -0.15) is 0 Å².